The molecule has 1 rings (SSSR count). The second-order valence-electron chi connectivity index (χ2n) is 5.59. The molecule has 0 spiro atoms. The highest BCUT2D eigenvalue weighted by Crippen LogP contribution is 2.26. The van der Waals surface area contributed by atoms with Gasteiger partial charge in [0, 0.05) is 5.92 Å². The largest absolute Gasteiger partial charge is 0.394 e. The van der Waals surface area contributed by atoms with E-state index < -0.39 is 0 Å². The topological polar surface area (TPSA) is 49.3 Å². The van der Waals surface area contributed by atoms with Crippen LogP contribution >= 0.6 is 0 Å². The lowest BCUT2D eigenvalue weighted by molar-refractivity contribution is -0.127. The summed E-state index contributed by atoms with van der Waals surface area (Å²) < 4.78 is 0. The van der Waals surface area contributed by atoms with Gasteiger partial charge in [-0.2, -0.15) is 0 Å². The van der Waals surface area contributed by atoms with E-state index in [1.54, 1.807) is 0 Å². The summed E-state index contributed by atoms with van der Waals surface area (Å²) >= 11 is 0. The van der Waals surface area contributed by atoms with E-state index in [9.17, 15) is 9.90 Å². The molecule has 2 N–H and O–H groups in total. The first-order valence-corrected chi connectivity index (χ1v) is 7.64. The molecule has 0 aromatic carbocycles. The Kier molecular flexibility index (Phi) is 7.33. The van der Waals surface area contributed by atoms with Crippen LogP contribution in [0.2, 0.25) is 0 Å². The van der Waals surface area contributed by atoms with Crippen molar-refractivity contribution in [2.75, 3.05) is 6.61 Å². The summed E-state index contributed by atoms with van der Waals surface area (Å²) in [5.41, 5.74) is 0. The van der Waals surface area contributed by atoms with Gasteiger partial charge in [-0.3, -0.25) is 4.79 Å². The molecule has 0 bridgehead atoms. The van der Waals surface area contributed by atoms with Gasteiger partial charge >= 0.3 is 0 Å². The Bertz CT molecular complexity index is 237. The summed E-state index contributed by atoms with van der Waals surface area (Å²) in [6.07, 6.45) is 8.96. The number of hydrogen-bond acceptors (Lipinski definition) is 2. The zero-order valence-corrected chi connectivity index (χ0v) is 12.0. The van der Waals surface area contributed by atoms with Crippen LogP contribution in [0.15, 0.2) is 0 Å². The molecule has 1 amide bonds. The van der Waals surface area contributed by atoms with Crippen LogP contribution in [0.4, 0.5) is 0 Å². The van der Waals surface area contributed by atoms with Gasteiger partial charge < -0.3 is 10.4 Å². The molecule has 1 aliphatic carbocycles. The van der Waals surface area contributed by atoms with Crippen molar-refractivity contribution in [1.29, 1.82) is 0 Å². The van der Waals surface area contributed by atoms with E-state index in [1.807, 2.05) is 0 Å². The second kappa shape index (κ2) is 8.52. The van der Waals surface area contributed by atoms with Crippen LogP contribution in [0.1, 0.15) is 65.2 Å². The summed E-state index contributed by atoms with van der Waals surface area (Å²) in [4.78, 5) is 12.2. The van der Waals surface area contributed by atoms with Crippen molar-refractivity contribution in [1.82, 2.24) is 5.32 Å². The number of carbonyl (C=O) groups is 1. The lowest BCUT2D eigenvalue weighted by atomic mass is 9.84. The van der Waals surface area contributed by atoms with Crippen molar-refractivity contribution in [3.8, 4) is 0 Å². The van der Waals surface area contributed by atoms with E-state index in [0.717, 1.165) is 32.1 Å². The Hall–Kier alpha value is -0.570. The molecule has 0 aliphatic heterocycles. The maximum atomic E-state index is 12.2. The van der Waals surface area contributed by atoms with Gasteiger partial charge in [0.15, 0.2) is 0 Å². The Morgan fingerprint density at radius 3 is 2.44 bits per heavy atom. The Balaban J connectivity index is 2.47. The first kappa shape index (κ1) is 15.5. The lowest BCUT2D eigenvalue weighted by Gasteiger charge is -2.30. The van der Waals surface area contributed by atoms with Crippen LogP contribution < -0.4 is 5.32 Å². The van der Waals surface area contributed by atoms with Crippen LogP contribution in [0, 0.1) is 11.8 Å². The molecule has 0 radical (unpaired) electrons. The number of nitrogens with one attached hydrogen (secondary N) is 1. The van der Waals surface area contributed by atoms with Crippen LogP contribution in [0.3, 0.4) is 0 Å². The first-order chi connectivity index (χ1) is 8.72. The predicted octanol–water partition coefficient (Wildman–Crippen LogP) is 2.87. The molecule has 1 saturated carbocycles. The molecule has 1 fully saturated rings. The lowest BCUT2D eigenvalue weighted by Crippen LogP contribution is -2.45. The summed E-state index contributed by atoms with van der Waals surface area (Å²) in [6, 6.07) is -0.0243. The van der Waals surface area contributed by atoms with Crippen molar-refractivity contribution < 1.29 is 9.90 Å². The number of carbonyl (C=O) groups excluding carboxylic acids is 1. The van der Waals surface area contributed by atoms with Crippen molar-refractivity contribution in [3.05, 3.63) is 0 Å². The van der Waals surface area contributed by atoms with E-state index in [1.165, 1.54) is 19.3 Å². The third-order valence-corrected chi connectivity index (χ3v) is 4.24. The zero-order valence-electron chi connectivity index (χ0n) is 12.0. The van der Waals surface area contributed by atoms with E-state index in [0.29, 0.717) is 5.92 Å². The minimum Gasteiger partial charge on any atom is -0.394 e. The third kappa shape index (κ3) is 4.60. The Morgan fingerprint density at radius 1 is 1.28 bits per heavy atom. The fraction of sp³-hybridized carbons (Fsp3) is 0.933. The number of aliphatic hydroxyl groups is 1. The first-order valence-electron chi connectivity index (χ1n) is 7.64. The van der Waals surface area contributed by atoms with Gasteiger partial charge in [-0.05, 0) is 31.6 Å². The Labute approximate surface area is 111 Å². The van der Waals surface area contributed by atoms with Gasteiger partial charge in [0.2, 0.25) is 5.91 Å². The molecule has 0 aromatic heterocycles. The molecule has 1 unspecified atom stereocenters. The molecule has 18 heavy (non-hydrogen) atoms. The van der Waals surface area contributed by atoms with Crippen molar-refractivity contribution in [2.45, 2.75) is 71.3 Å². The summed E-state index contributed by atoms with van der Waals surface area (Å²) in [6.45, 7) is 4.26. The van der Waals surface area contributed by atoms with Crippen molar-refractivity contribution >= 4 is 5.91 Å². The van der Waals surface area contributed by atoms with Gasteiger partial charge in [0.25, 0.3) is 0 Å². The molecular weight excluding hydrogens is 226 g/mol. The Morgan fingerprint density at radius 2 is 1.94 bits per heavy atom. The molecule has 3 nitrogen and oxygen atoms in total. The minimum absolute atomic E-state index is 0.0243. The smallest absolute Gasteiger partial charge is 0.223 e. The van der Waals surface area contributed by atoms with E-state index in [2.05, 4.69) is 19.2 Å². The van der Waals surface area contributed by atoms with Gasteiger partial charge in [-0.15, -0.1) is 0 Å². The maximum Gasteiger partial charge on any atom is 0.223 e. The monoisotopic (exact) mass is 255 g/mol. The highest BCUT2D eigenvalue weighted by atomic mass is 16.3. The number of amides is 1. The number of rotatable bonds is 7. The second-order valence-corrected chi connectivity index (χ2v) is 5.59. The van der Waals surface area contributed by atoms with E-state index in [-0.39, 0.29) is 24.5 Å². The van der Waals surface area contributed by atoms with Crippen molar-refractivity contribution in [3.63, 3.8) is 0 Å². The van der Waals surface area contributed by atoms with Crippen LogP contribution in [0.5, 0.6) is 0 Å². The standard InChI is InChI=1S/C15H29NO2/c1-3-8-12(4-2)15(18)16-14(11-17)13-9-6-5-7-10-13/h12-14,17H,3-11H2,1-2H3,(H,16,18)/t12?,14-/m1/s1. The van der Waals surface area contributed by atoms with Crippen LogP contribution in [-0.2, 0) is 4.79 Å². The highest BCUT2D eigenvalue weighted by molar-refractivity contribution is 5.78. The van der Waals surface area contributed by atoms with E-state index in [4.69, 9.17) is 0 Å². The predicted molar refractivity (Wildman–Crippen MR) is 74.3 cm³/mol. The quantitative estimate of drug-likeness (QED) is 0.735. The minimum atomic E-state index is -0.0243. The fourth-order valence-corrected chi connectivity index (χ4v) is 3.02. The third-order valence-electron chi connectivity index (χ3n) is 4.24. The van der Waals surface area contributed by atoms with Crippen LogP contribution in [0.25, 0.3) is 0 Å². The fourth-order valence-electron chi connectivity index (χ4n) is 3.02. The van der Waals surface area contributed by atoms with Crippen molar-refractivity contribution in [2.24, 2.45) is 11.8 Å². The van der Waals surface area contributed by atoms with Gasteiger partial charge in [-0.25, -0.2) is 0 Å². The number of aliphatic hydroxyl groups excluding tert-OH is 1. The highest BCUT2D eigenvalue weighted by Gasteiger charge is 2.26. The van der Waals surface area contributed by atoms with E-state index >= 15 is 0 Å². The average molecular weight is 255 g/mol. The molecule has 0 aromatic rings. The molecule has 0 saturated heterocycles. The molecule has 2 atom stereocenters. The molecule has 1 aliphatic rings. The number of hydrogen-bond donors (Lipinski definition) is 2. The van der Waals surface area contributed by atoms with Crippen LogP contribution in [-0.4, -0.2) is 23.7 Å². The SMILES string of the molecule is CCCC(CC)C(=O)N[C@H](CO)C1CCCCC1. The molecule has 3 heteroatoms. The molecule has 106 valence electrons. The maximum absolute atomic E-state index is 12.2. The molecular formula is C15H29NO2. The van der Waals surface area contributed by atoms with Gasteiger partial charge in [0.1, 0.15) is 0 Å². The summed E-state index contributed by atoms with van der Waals surface area (Å²) in [5.74, 6) is 0.739. The zero-order chi connectivity index (χ0) is 13.4. The normalized spacial score (nSPS) is 20.4. The van der Waals surface area contributed by atoms with Gasteiger partial charge in [0.05, 0.1) is 12.6 Å². The summed E-state index contributed by atoms with van der Waals surface area (Å²) in [5, 5.41) is 12.6. The summed E-state index contributed by atoms with van der Waals surface area (Å²) in [7, 11) is 0. The molecule has 0 heterocycles. The van der Waals surface area contributed by atoms with Gasteiger partial charge in [-0.1, -0.05) is 39.5 Å². The average Bonchev–Trinajstić information content (AvgIpc) is 2.42.